The smallest absolute Gasteiger partial charge is 0.243 e. The number of amides is 1. The van der Waals surface area contributed by atoms with Gasteiger partial charge in [-0.15, -0.1) is 0 Å². The van der Waals surface area contributed by atoms with Crippen LogP contribution in [0.15, 0.2) is 30.3 Å². The van der Waals surface area contributed by atoms with Crippen LogP contribution in [0.1, 0.15) is 18.4 Å². The second-order valence-electron chi connectivity index (χ2n) is 3.26. The summed E-state index contributed by atoms with van der Waals surface area (Å²) in [7, 11) is 0. The fraction of sp³-hybridized carbons (Fsp3) is 0.364. The van der Waals surface area contributed by atoms with Gasteiger partial charge in [0.15, 0.2) is 0 Å². The molecule has 0 aliphatic rings. The molecule has 0 aromatic heterocycles. The van der Waals surface area contributed by atoms with Crippen molar-refractivity contribution >= 4 is 5.91 Å². The highest BCUT2D eigenvalue weighted by Crippen LogP contribution is 1.99. The molecule has 4 N–H and O–H groups in total. The maximum Gasteiger partial charge on any atom is 0.243 e. The van der Waals surface area contributed by atoms with Crippen molar-refractivity contribution in [2.24, 2.45) is 0 Å². The van der Waals surface area contributed by atoms with Crippen molar-refractivity contribution < 1.29 is 15.4 Å². The van der Waals surface area contributed by atoms with Crippen LogP contribution in [-0.2, 0) is 16.2 Å². The van der Waals surface area contributed by atoms with E-state index < -0.39 is 0 Å². The van der Waals surface area contributed by atoms with E-state index in [9.17, 15) is 4.79 Å². The molecule has 0 fully saturated rings. The molecule has 15 heavy (non-hydrogen) atoms. The largest absolute Gasteiger partial charge is 0.358 e. The highest BCUT2D eigenvalue weighted by Gasteiger charge is 2.00. The van der Waals surface area contributed by atoms with E-state index in [0.717, 1.165) is 18.5 Å². The number of carbonyl (C=O) groups is 1. The van der Waals surface area contributed by atoms with Gasteiger partial charge in [-0.3, -0.25) is 9.63 Å². The Morgan fingerprint density at radius 3 is 2.73 bits per heavy atom. The van der Waals surface area contributed by atoms with Crippen LogP contribution in [0.2, 0.25) is 0 Å². The zero-order chi connectivity index (χ0) is 10.9. The molecule has 4 nitrogen and oxygen atoms in total. The van der Waals surface area contributed by atoms with Crippen LogP contribution in [0.4, 0.5) is 0 Å². The summed E-state index contributed by atoms with van der Waals surface area (Å²) in [5.41, 5.74) is 7.10. The molecule has 0 spiro atoms. The second-order valence-corrected chi connectivity index (χ2v) is 3.26. The van der Waals surface area contributed by atoms with Gasteiger partial charge in [-0.2, -0.15) is 0 Å². The van der Waals surface area contributed by atoms with Crippen molar-refractivity contribution in [1.29, 1.82) is 0 Å². The van der Waals surface area contributed by atoms with E-state index in [4.69, 9.17) is 4.84 Å². The Bertz CT molecular complexity index is 288. The van der Waals surface area contributed by atoms with E-state index in [0.29, 0.717) is 13.0 Å². The molecule has 0 atom stereocenters. The SMILES string of the molecule is [NH3+]CCCC(=O)NOCc1ccccc1. The van der Waals surface area contributed by atoms with Crippen molar-refractivity contribution in [3.05, 3.63) is 35.9 Å². The van der Waals surface area contributed by atoms with Crippen molar-refractivity contribution in [2.45, 2.75) is 19.4 Å². The van der Waals surface area contributed by atoms with E-state index >= 15 is 0 Å². The van der Waals surface area contributed by atoms with Gasteiger partial charge < -0.3 is 5.73 Å². The predicted octanol–water partition coefficient (Wildman–Crippen LogP) is 0.257. The average molecular weight is 209 g/mol. The van der Waals surface area contributed by atoms with E-state index in [1.807, 2.05) is 30.3 Å². The van der Waals surface area contributed by atoms with Gasteiger partial charge >= 0.3 is 0 Å². The van der Waals surface area contributed by atoms with Crippen LogP contribution in [0.25, 0.3) is 0 Å². The van der Waals surface area contributed by atoms with Crippen LogP contribution < -0.4 is 11.2 Å². The van der Waals surface area contributed by atoms with Crippen LogP contribution >= 0.6 is 0 Å². The fourth-order valence-corrected chi connectivity index (χ4v) is 1.11. The Labute approximate surface area is 89.4 Å². The van der Waals surface area contributed by atoms with Gasteiger partial charge in [-0.25, -0.2) is 5.48 Å². The third kappa shape index (κ3) is 5.15. The number of hydrogen-bond acceptors (Lipinski definition) is 2. The highest BCUT2D eigenvalue weighted by atomic mass is 16.6. The van der Waals surface area contributed by atoms with Gasteiger partial charge in [0.05, 0.1) is 13.2 Å². The van der Waals surface area contributed by atoms with Gasteiger partial charge in [0.25, 0.3) is 0 Å². The minimum atomic E-state index is -0.0884. The Kier molecular flexibility index (Phi) is 5.43. The molecule has 1 aromatic rings. The first-order valence-corrected chi connectivity index (χ1v) is 5.06. The van der Waals surface area contributed by atoms with E-state index in [-0.39, 0.29) is 5.91 Å². The quantitative estimate of drug-likeness (QED) is 0.660. The number of carbonyl (C=O) groups excluding carboxylic acids is 1. The summed E-state index contributed by atoms with van der Waals surface area (Å²) < 4.78 is 0. The molecule has 1 rings (SSSR count). The monoisotopic (exact) mass is 209 g/mol. The molecule has 0 unspecified atom stereocenters. The zero-order valence-electron chi connectivity index (χ0n) is 8.74. The van der Waals surface area contributed by atoms with Crippen LogP contribution in [0, 0.1) is 0 Å². The van der Waals surface area contributed by atoms with Crippen LogP contribution in [-0.4, -0.2) is 12.5 Å². The first kappa shape index (κ1) is 11.7. The van der Waals surface area contributed by atoms with Crippen molar-refractivity contribution in [3.8, 4) is 0 Å². The maximum atomic E-state index is 11.1. The molecule has 0 aliphatic heterocycles. The van der Waals surface area contributed by atoms with Gasteiger partial charge in [-0.1, -0.05) is 30.3 Å². The van der Waals surface area contributed by atoms with E-state index in [1.165, 1.54) is 0 Å². The molecular weight excluding hydrogens is 192 g/mol. The minimum absolute atomic E-state index is 0.0884. The third-order valence-electron chi connectivity index (χ3n) is 1.92. The van der Waals surface area contributed by atoms with Crippen LogP contribution in [0.3, 0.4) is 0 Å². The lowest BCUT2D eigenvalue weighted by atomic mass is 10.2. The topological polar surface area (TPSA) is 66.0 Å². The van der Waals surface area contributed by atoms with Crippen LogP contribution in [0.5, 0.6) is 0 Å². The molecule has 82 valence electrons. The minimum Gasteiger partial charge on any atom is -0.358 e. The molecule has 4 heteroatoms. The lowest BCUT2D eigenvalue weighted by Gasteiger charge is -2.04. The summed E-state index contributed by atoms with van der Waals surface area (Å²) in [5.74, 6) is -0.0884. The number of rotatable bonds is 6. The lowest BCUT2D eigenvalue weighted by molar-refractivity contribution is -0.368. The van der Waals surface area contributed by atoms with Crippen molar-refractivity contribution in [2.75, 3.05) is 6.54 Å². The van der Waals surface area contributed by atoms with Gasteiger partial charge in [-0.05, 0) is 5.56 Å². The molecule has 0 saturated carbocycles. The molecule has 0 saturated heterocycles. The fourth-order valence-electron chi connectivity index (χ4n) is 1.11. The first-order chi connectivity index (χ1) is 7.33. The molecule has 1 aromatic carbocycles. The summed E-state index contributed by atoms with van der Waals surface area (Å²) in [4.78, 5) is 16.2. The molecular formula is C11H17N2O2+. The molecule has 0 heterocycles. The molecule has 1 amide bonds. The Morgan fingerprint density at radius 2 is 2.07 bits per heavy atom. The first-order valence-electron chi connectivity index (χ1n) is 5.06. The molecule has 0 radical (unpaired) electrons. The van der Waals surface area contributed by atoms with E-state index in [2.05, 4.69) is 11.2 Å². The summed E-state index contributed by atoms with van der Waals surface area (Å²) in [5, 5.41) is 0. The Morgan fingerprint density at radius 1 is 1.33 bits per heavy atom. The number of nitrogens with one attached hydrogen (secondary N) is 1. The Hall–Kier alpha value is -1.39. The number of quaternary nitrogens is 1. The van der Waals surface area contributed by atoms with Gasteiger partial charge in [0, 0.05) is 12.8 Å². The standard InChI is InChI=1S/C11H16N2O2/c12-8-4-7-11(14)13-15-9-10-5-2-1-3-6-10/h1-3,5-6H,4,7-9,12H2,(H,13,14)/p+1. The number of hydrogen-bond donors (Lipinski definition) is 2. The third-order valence-corrected chi connectivity index (χ3v) is 1.92. The second kappa shape index (κ2) is 6.98. The summed E-state index contributed by atoms with van der Waals surface area (Å²) in [6.07, 6.45) is 1.26. The zero-order valence-corrected chi connectivity index (χ0v) is 8.74. The van der Waals surface area contributed by atoms with Crippen molar-refractivity contribution in [3.63, 3.8) is 0 Å². The number of hydroxylamine groups is 1. The molecule has 0 aliphatic carbocycles. The van der Waals surface area contributed by atoms with Crippen molar-refractivity contribution in [1.82, 2.24) is 5.48 Å². The normalized spacial score (nSPS) is 9.93. The van der Waals surface area contributed by atoms with E-state index in [1.54, 1.807) is 0 Å². The average Bonchev–Trinajstić information content (AvgIpc) is 2.28. The maximum absolute atomic E-state index is 11.1. The van der Waals surface area contributed by atoms with Gasteiger partial charge in [0.2, 0.25) is 5.91 Å². The summed E-state index contributed by atoms with van der Waals surface area (Å²) in [6.45, 7) is 1.17. The Balaban J connectivity index is 2.14. The van der Waals surface area contributed by atoms with Gasteiger partial charge in [0.1, 0.15) is 0 Å². The number of benzene rings is 1. The summed E-state index contributed by atoms with van der Waals surface area (Å²) >= 11 is 0. The molecule has 0 bridgehead atoms. The predicted molar refractivity (Wildman–Crippen MR) is 56.4 cm³/mol. The highest BCUT2D eigenvalue weighted by molar-refractivity contribution is 5.74. The lowest BCUT2D eigenvalue weighted by Crippen LogP contribution is -2.50. The summed E-state index contributed by atoms with van der Waals surface area (Å²) in [6, 6.07) is 9.70.